The zero-order valence-corrected chi connectivity index (χ0v) is 15.6. The van der Waals surface area contributed by atoms with Gasteiger partial charge in [0.2, 0.25) is 11.8 Å². The van der Waals surface area contributed by atoms with E-state index in [-0.39, 0.29) is 10.7 Å². The third-order valence-electron chi connectivity index (χ3n) is 6.74. The van der Waals surface area contributed by atoms with E-state index >= 15 is 0 Å². The standard InChI is InChI=1S/C23H15N3O4/c27-21-19-18-13-7-1-3-9-15(13)23(26(29)30,16-10-4-2-8-14(16)18)20(19)22(28)25(21)17-11-5-6-12-24-17/h1-12,18-20H/t18?,19-,20-,23?/m1/s1. The van der Waals surface area contributed by atoms with E-state index in [1.807, 2.05) is 24.3 Å². The summed E-state index contributed by atoms with van der Waals surface area (Å²) in [4.78, 5) is 44.8. The highest BCUT2D eigenvalue weighted by molar-refractivity contribution is 6.23. The van der Waals surface area contributed by atoms with Crippen LogP contribution in [0.15, 0.2) is 72.9 Å². The maximum absolute atomic E-state index is 13.6. The van der Waals surface area contributed by atoms with Crippen LogP contribution in [0.25, 0.3) is 0 Å². The minimum atomic E-state index is -1.80. The molecule has 2 aromatic carbocycles. The number of nitro groups is 1. The normalized spacial score (nSPS) is 28.1. The zero-order valence-electron chi connectivity index (χ0n) is 15.6. The number of aromatic nitrogens is 1. The number of carbonyl (C=O) groups excluding carboxylic acids is 2. The summed E-state index contributed by atoms with van der Waals surface area (Å²) in [6.07, 6.45) is 1.50. The number of benzene rings is 2. The van der Waals surface area contributed by atoms with Crippen LogP contribution in [0, 0.1) is 22.0 Å². The Bertz CT molecular complexity index is 1210. The molecule has 3 aliphatic carbocycles. The number of amides is 2. The largest absolute Gasteiger partial charge is 0.285 e. The van der Waals surface area contributed by atoms with Crippen molar-refractivity contribution in [2.45, 2.75) is 11.5 Å². The van der Waals surface area contributed by atoms with E-state index in [0.29, 0.717) is 11.1 Å². The molecule has 7 nitrogen and oxygen atoms in total. The van der Waals surface area contributed by atoms with Gasteiger partial charge in [0.1, 0.15) is 11.7 Å². The molecule has 7 heteroatoms. The van der Waals surface area contributed by atoms with Crippen molar-refractivity contribution in [1.82, 2.24) is 4.98 Å². The topological polar surface area (TPSA) is 93.4 Å². The fourth-order valence-corrected chi connectivity index (χ4v) is 5.75. The lowest BCUT2D eigenvalue weighted by Gasteiger charge is -2.48. The van der Waals surface area contributed by atoms with Gasteiger partial charge in [-0.05, 0) is 23.3 Å². The van der Waals surface area contributed by atoms with Crippen LogP contribution in [-0.4, -0.2) is 21.7 Å². The zero-order chi connectivity index (χ0) is 20.6. The van der Waals surface area contributed by atoms with Crippen LogP contribution in [0.2, 0.25) is 0 Å². The molecule has 1 saturated heterocycles. The number of pyridine rings is 1. The van der Waals surface area contributed by atoms with Gasteiger partial charge in [-0.25, -0.2) is 9.88 Å². The molecule has 0 saturated carbocycles. The molecule has 3 aromatic rings. The van der Waals surface area contributed by atoms with E-state index in [1.54, 1.807) is 42.5 Å². The fourth-order valence-electron chi connectivity index (χ4n) is 5.75. The minimum Gasteiger partial charge on any atom is -0.274 e. The molecule has 2 atom stereocenters. The summed E-state index contributed by atoms with van der Waals surface area (Å²) >= 11 is 0. The van der Waals surface area contributed by atoms with E-state index in [4.69, 9.17) is 0 Å². The Kier molecular flexibility index (Phi) is 3.18. The molecule has 4 aliphatic rings. The highest BCUT2D eigenvalue weighted by Crippen LogP contribution is 2.64. The second-order valence-electron chi connectivity index (χ2n) is 7.88. The molecule has 2 heterocycles. The van der Waals surface area contributed by atoms with E-state index in [2.05, 4.69) is 4.98 Å². The van der Waals surface area contributed by atoms with Crippen molar-refractivity contribution in [3.8, 4) is 0 Å². The van der Waals surface area contributed by atoms with Crippen LogP contribution in [-0.2, 0) is 15.1 Å². The molecule has 0 N–H and O–H groups in total. The van der Waals surface area contributed by atoms with Crippen molar-refractivity contribution in [3.63, 3.8) is 0 Å². The highest BCUT2D eigenvalue weighted by atomic mass is 16.6. The average molecular weight is 397 g/mol. The molecule has 2 amide bonds. The first-order valence-corrected chi connectivity index (χ1v) is 9.70. The molecule has 1 aliphatic heterocycles. The van der Waals surface area contributed by atoms with Gasteiger partial charge >= 0.3 is 0 Å². The Balaban J connectivity index is 1.70. The summed E-state index contributed by atoms with van der Waals surface area (Å²) in [5.74, 6) is -3.15. The van der Waals surface area contributed by atoms with Gasteiger partial charge in [0.05, 0.1) is 5.92 Å². The number of hydrogen-bond donors (Lipinski definition) is 0. The number of anilines is 1. The number of carbonyl (C=O) groups is 2. The van der Waals surface area contributed by atoms with Crippen molar-refractivity contribution in [2.75, 3.05) is 4.90 Å². The number of nitrogens with zero attached hydrogens (tertiary/aromatic N) is 3. The highest BCUT2D eigenvalue weighted by Gasteiger charge is 2.75. The van der Waals surface area contributed by atoms with Crippen molar-refractivity contribution in [1.29, 1.82) is 0 Å². The Labute approximate surface area is 171 Å². The molecule has 7 rings (SSSR count). The van der Waals surface area contributed by atoms with Crippen LogP contribution in [0.3, 0.4) is 0 Å². The fraction of sp³-hybridized carbons (Fsp3) is 0.174. The molecule has 1 fully saturated rings. The quantitative estimate of drug-likeness (QED) is 0.377. The van der Waals surface area contributed by atoms with Gasteiger partial charge in [0.25, 0.3) is 5.54 Å². The van der Waals surface area contributed by atoms with E-state index in [9.17, 15) is 19.7 Å². The first kappa shape index (κ1) is 17.0. The van der Waals surface area contributed by atoms with E-state index in [1.165, 1.54) is 6.20 Å². The van der Waals surface area contributed by atoms with Crippen LogP contribution in [0.1, 0.15) is 28.2 Å². The summed E-state index contributed by atoms with van der Waals surface area (Å²) in [6, 6.07) is 19.2. The Morgan fingerprint density at radius 1 is 0.867 bits per heavy atom. The Morgan fingerprint density at radius 3 is 2.03 bits per heavy atom. The Hall–Kier alpha value is -3.87. The predicted molar refractivity (Wildman–Crippen MR) is 106 cm³/mol. The van der Waals surface area contributed by atoms with Crippen molar-refractivity contribution >= 4 is 17.6 Å². The first-order chi connectivity index (χ1) is 14.6. The number of imide groups is 1. The maximum atomic E-state index is 13.6. The molecule has 0 unspecified atom stereocenters. The maximum Gasteiger partial charge on any atom is 0.285 e. The molecule has 2 bridgehead atoms. The summed E-state index contributed by atoms with van der Waals surface area (Å²) in [5, 5.41) is 12.8. The molecular weight excluding hydrogens is 382 g/mol. The third-order valence-corrected chi connectivity index (χ3v) is 6.74. The number of hydrogen-bond acceptors (Lipinski definition) is 5. The molecule has 0 spiro atoms. The van der Waals surface area contributed by atoms with Gasteiger partial charge < -0.3 is 0 Å². The van der Waals surface area contributed by atoms with E-state index < -0.39 is 35.1 Å². The first-order valence-electron chi connectivity index (χ1n) is 9.70. The second-order valence-corrected chi connectivity index (χ2v) is 7.88. The molecule has 30 heavy (non-hydrogen) atoms. The lowest BCUT2D eigenvalue weighted by Crippen LogP contribution is -2.57. The summed E-state index contributed by atoms with van der Waals surface area (Å²) in [6.45, 7) is 0. The van der Waals surface area contributed by atoms with Gasteiger partial charge in [0.15, 0.2) is 0 Å². The van der Waals surface area contributed by atoms with Crippen molar-refractivity contribution < 1.29 is 14.5 Å². The third kappa shape index (κ3) is 1.74. The lowest BCUT2D eigenvalue weighted by molar-refractivity contribution is -0.578. The van der Waals surface area contributed by atoms with Crippen LogP contribution < -0.4 is 4.90 Å². The van der Waals surface area contributed by atoms with Gasteiger partial charge in [-0.3, -0.25) is 19.7 Å². The van der Waals surface area contributed by atoms with Gasteiger partial charge in [0, 0.05) is 28.2 Å². The van der Waals surface area contributed by atoms with Gasteiger partial charge in [-0.1, -0.05) is 54.6 Å². The summed E-state index contributed by atoms with van der Waals surface area (Å²) < 4.78 is 0. The second kappa shape index (κ2) is 5.60. The minimum absolute atomic E-state index is 0.202. The van der Waals surface area contributed by atoms with Crippen LogP contribution >= 0.6 is 0 Å². The molecular formula is C23H15N3O4. The SMILES string of the molecule is O=C1[C@@H]2C3c4ccccc4C([N+](=O)[O-])(c4ccccc43)[C@H]2C(=O)N1c1ccccn1. The molecule has 146 valence electrons. The van der Waals surface area contributed by atoms with Gasteiger partial charge in [-0.2, -0.15) is 0 Å². The van der Waals surface area contributed by atoms with Crippen LogP contribution in [0.5, 0.6) is 0 Å². The summed E-state index contributed by atoms with van der Waals surface area (Å²) in [7, 11) is 0. The van der Waals surface area contributed by atoms with Crippen LogP contribution in [0.4, 0.5) is 5.82 Å². The molecule has 0 radical (unpaired) electrons. The van der Waals surface area contributed by atoms with Crippen molar-refractivity contribution in [3.05, 3.63) is 105 Å². The Morgan fingerprint density at radius 2 is 1.47 bits per heavy atom. The van der Waals surface area contributed by atoms with Gasteiger partial charge in [-0.15, -0.1) is 0 Å². The smallest absolute Gasteiger partial charge is 0.274 e. The summed E-state index contributed by atoms with van der Waals surface area (Å²) in [5.41, 5.74) is 0.701. The average Bonchev–Trinajstić information content (AvgIpc) is 3.05. The predicted octanol–water partition coefficient (Wildman–Crippen LogP) is 2.87. The number of rotatable bonds is 2. The van der Waals surface area contributed by atoms with Crippen molar-refractivity contribution in [2.24, 2.45) is 11.8 Å². The lowest BCUT2D eigenvalue weighted by atomic mass is 9.51. The monoisotopic (exact) mass is 397 g/mol. The van der Waals surface area contributed by atoms with E-state index in [0.717, 1.165) is 16.0 Å². The molecule has 1 aromatic heterocycles.